The summed E-state index contributed by atoms with van der Waals surface area (Å²) in [5.41, 5.74) is 2.74. The van der Waals surface area contributed by atoms with Crippen LogP contribution in [0.3, 0.4) is 0 Å². The minimum absolute atomic E-state index is 0.192. The Balaban J connectivity index is 2.00. The van der Waals surface area contributed by atoms with Gasteiger partial charge >= 0.3 is 0 Å². The SMILES string of the molecule is Cc1ccc(S(=O)(=O)N2Cc3ncn(C)c3C[C@H]2CO)cc1. The molecular formula is C15H19N3O3S. The number of hydrogen-bond acceptors (Lipinski definition) is 4. The molecule has 0 amide bonds. The maximum absolute atomic E-state index is 12.9. The average molecular weight is 321 g/mol. The molecule has 118 valence electrons. The molecule has 0 saturated carbocycles. The molecule has 1 N–H and O–H groups in total. The van der Waals surface area contributed by atoms with E-state index in [2.05, 4.69) is 4.98 Å². The molecule has 6 nitrogen and oxygen atoms in total. The third-order valence-corrected chi connectivity index (χ3v) is 6.04. The lowest BCUT2D eigenvalue weighted by Crippen LogP contribution is -2.46. The molecule has 1 aromatic heterocycles. The van der Waals surface area contributed by atoms with Crippen LogP contribution in [0.4, 0.5) is 0 Å². The fraction of sp³-hybridized carbons (Fsp3) is 0.400. The first kappa shape index (κ1) is 15.2. The Labute approximate surface area is 130 Å². The summed E-state index contributed by atoms with van der Waals surface area (Å²) in [6, 6.07) is 6.29. The molecule has 0 saturated heterocycles. The van der Waals surface area contributed by atoms with Gasteiger partial charge in [0.25, 0.3) is 0 Å². The van der Waals surface area contributed by atoms with Crippen LogP contribution >= 0.6 is 0 Å². The zero-order valence-corrected chi connectivity index (χ0v) is 13.4. The summed E-state index contributed by atoms with van der Waals surface area (Å²) in [4.78, 5) is 4.52. The summed E-state index contributed by atoms with van der Waals surface area (Å²) in [5, 5.41) is 9.63. The molecular weight excluding hydrogens is 302 g/mol. The van der Waals surface area contributed by atoms with Crippen LogP contribution in [0.5, 0.6) is 0 Å². The van der Waals surface area contributed by atoms with Crippen molar-refractivity contribution in [3.63, 3.8) is 0 Å². The van der Waals surface area contributed by atoms with Crippen molar-refractivity contribution in [1.29, 1.82) is 0 Å². The summed E-state index contributed by atoms with van der Waals surface area (Å²) in [6.07, 6.45) is 2.15. The Morgan fingerprint density at radius 1 is 1.32 bits per heavy atom. The highest BCUT2D eigenvalue weighted by Crippen LogP contribution is 2.28. The van der Waals surface area contributed by atoms with Crippen molar-refractivity contribution in [1.82, 2.24) is 13.9 Å². The Morgan fingerprint density at radius 2 is 2.00 bits per heavy atom. The molecule has 1 atom stereocenters. The van der Waals surface area contributed by atoms with Crippen LogP contribution < -0.4 is 0 Å². The van der Waals surface area contributed by atoms with Gasteiger partial charge in [0.05, 0.1) is 36.1 Å². The van der Waals surface area contributed by atoms with Crippen molar-refractivity contribution in [2.24, 2.45) is 7.05 Å². The molecule has 2 heterocycles. The molecule has 2 aromatic rings. The number of aliphatic hydroxyl groups excluding tert-OH is 1. The van der Waals surface area contributed by atoms with E-state index >= 15 is 0 Å². The van der Waals surface area contributed by atoms with Gasteiger partial charge in [-0.3, -0.25) is 0 Å². The number of aryl methyl sites for hydroxylation is 2. The smallest absolute Gasteiger partial charge is 0.243 e. The van der Waals surface area contributed by atoms with Crippen LogP contribution in [-0.2, 0) is 30.0 Å². The third kappa shape index (κ3) is 2.45. The highest BCUT2D eigenvalue weighted by molar-refractivity contribution is 7.89. The van der Waals surface area contributed by atoms with E-state index in [0.29, 0.717) is 6.42 Å². The second-order valence-electron chi connectivity index (χ2n) is 5.65. The maximum atomic E-state index is 12.9. The molecule has 22 heavy (non-hydrogen) atoms. The maximum Gasteiger partial charge on any atom is 0.243 e. The molecule has 0 unspecified atom stereocenters. The van der Waals surface area contributed by atoms with E-state index in [0.717, 1.165) is 17.0 Å². The topological polar surface area (TPSA) is 75.4 Å². The van der Waals surface area contributed by atoms with Crippen LogP contribution in [0.1, 0.15) is 17.0 Å². The monoisotopic (exact) mass is 321 g/mol. The molecule has 3 rings (SSSR count). The van der Waals surface area contributed by atoms with E-state index in [4.69, 9.17) is 0 Å². The normalized spacial score (nSPS) is 19.1. The fourth-order valence-corrected chi connectivity index (χ4v) is 4.36. The first-order valence-electron chi connectivity index (χ1n) is 7.12. The number of fused-ring (bicyclic) bond motifs is 1. The summed E-state index contributed by atoms with van der Waals surface area (Å²) >= 11 is 0. The number of sulfonamides is 1. The molecule has 0 bridgehead atoms. The number of nitrogens with zero attached hydrogens (tertiary/aromatic N) is 3. The van der Waals surface area contributed by atoms with Crippen molar-refractivity contribution < 1.29 is 13.5 Å². The van der Waals surface area contributed by atoms with Crippen molar-refractivity contribution in [3.05, 3.63) is 47.5 Å². The Bertz CT molecular complexity index is 781. The Hall–Kier alpha value is -1.70. The quantitative estimate of drug-likeness (QED) is 0.909. The number of aromatic nitrogens is 2. The lowest BCUT2D eigenvalue weighted by Gasteiger charge is -2.33. The average Bonchev–Trinajstić information content (AvgIpc) is 2.87. The summed E-state index contributed by atoms with van der Waals surface area (Å²) in [5.74, 6) is 0. The molecule has 7 heteroatoms. The first-order valence-corrected chi connectivity index (χ1v) is 8.56. The molecule has 1 aliphatic rings. The number of benzene rings is 1. The van der Waals surface area contributed by atoms with Crippen LogP contribution in [0.2, 0.25) is 0 Å². The number of rotatable bonds is 3. The first-order chi connectivity index (χ1) is 10.4. The summed E-state index contributed by atoms with van der Waals surface area (Å²) in [6.45, 7) is 1.89. The van der Waals surface area contributed by atoms with Gasteiger partial charge < -0.3 is 9.67 Å². The van der Waals surface area contributed by atoms with Crippen LogP contribution in [0, 0.1) is 6.92 Å². The fourth-order valence-electron chi connectivity index (χ4n) is 2.78. The van der Waals surface area contributed by atoms with Crippen LogP contribution in [0.15, 0.2) is 35.5 Å². The molecule has 0 aliphatic carbocycles. The van der Waals surface area contributed by atoms with Gasteiger partial charge in [-0.1, -0.05) is 17.7 Å². The van der Waals surface area contributed by atoms with E-state index < -0.39 is 16.1 Å². The lowest BCUT2D eigenvalue weighted by atomic mass is 10.1. The zero-order valence-electron chi connectivity index (χ0n) is 12.6. The van der Waals surface area contributed by atoms with Crippen molar-refractivity contribution >= 4 is 10.0 Å². The van der Waals surface area contributed by atoms with E-state index in [1.807, 2.05) is 18.5 Å². The van der Waals surface area contributed by atoms with E-state index in [9.17, 15) is 13.5 Å². The van der Waals surface area contributed by atoms with Gasteiger partial charge in [-0.15, -0.1) is 0 Å². The van der Waals surface area contributed by atoms with E-state index in [1.54, 1.807) is 30.6 Å². The minimum Gasteiger partial charge on any atom is -0.395 e. The van der Waals surface area contributed by atoms with Gasteiger partial charge in [0.1, 0.15) is 0 Å². The standard InChI is InChI=1S/C15H19N3O3S/c1-11-3-5-13(6-4-11)22(20,21)18-8-14-15(7-12(18)9-19)17(2)10-16-14/h3-6,10,12,19H,7-9H2,1-2H3/t12-/m0/s1. The van der Waals surface area contributed by atoms with Crippen LogP contribution in [0.25, 0.3) is 0 Å². The largest absolute Gasteiger partial charge is 0.395 e. The number of imidazole rings is 1. The molecule has 0 fully saturated rings. The Morgan fingerprint density at radius 3 is 2.64 bits per heavy atom. The number of aliphatic hydroxyl groups is 1. The summed E-state index contributed by atoms with van der Waals surface area (Å²) in [7, 11) is -1.77. The van der Waals surface area contributed by atoms with E-state index in [-0.39, 0.29) is 18.0 Å². The Kier molecular flexibility index (Phi) is 3.80. The molecule has 0 spiro atoms. The molecule has 0 radical (unpaired) electrons. The van der Waals surface area contributed by atoms with E-state index in [1.165, 1.54) is 4.31 Å². The van der Waals surface area contributed by atoms with Crippen LogP contribution in [-0.4, -0.2) is 40.0 Å². The second kappa shape index (κ2) is 5.49. The highest BCUT2D eigenvalue weighted by atomic mass is 32.2. The van der Waals surface area contributed by atoms with Gasteiger partial charge in [-0.25, -0.2) is 13.4 Å². The predicted octanol–water partition coefficient (Wildman–Crippen LogP) is 0.836. The lowest BCUT2D eigenvalue weighted by molar-refractivity contribution is 0.171. The van der Waals surface area contributed by atoms with Gasteiger partial charge in [0.15, 0.2) is 0 Å². The molecule has 1 aromatic carbocycles. The second-order valence-corrected chi connectivity index (χ2v) is 7.54. The van der Waals surface area contributed by atoms with Gasteiger partial charge in [-0.05, 0) is 19.1 Å². The zero-order chi connectivity index (χ0) is 15.9. The number of hydrogen-bond donors (Lipinski definition) is 1. The molecule has 1 aliphatic heterocycles. The third-order valence-electron chi connectivity index (χ3n) is 4.13. The van der Waals surface area contributed by atoms with Crippen molar-refractivity contribution in [3.8, 4) is 0 Å². The van der Waals surface area contributed by atoms with Gasteiger partial charge in [0, 0.05) is 19.2 Å². The van der Waals surface area contributed by atoms with Crippen molar-refractivity contribution in [2.45, 2.75) is 30.8 Å². The van der Waals surface area contributed by atoms with Gasteiger partial charge in [0.2, 0.25) is 10.0 Å². The van der Waals surface area contributed by atoms with Crippen molar-refractivity contribution in [2.75, 3.05) is 6.61 Å². The summed E-state index contributed by atoms with van der Waals surface area (Å²) < 4.78 is 29.0. The highest BCUT2D eigenvalue weighted by Gasteiger charge is 2.37. The minimum atomic E-state index is -3.65. The predicted molar refractivity (Wildman–Crippen MR) is 81.7 cm³/mol. The van der Waals surface area contributed by atoms with Gasteiger partial charge in [-0.2, -0.15) is 4.31 Å².